The molecule has 1 N–H and O–H groups in total. The van der Waals surface area contributed by atoms with Gasteiger partial charge < -0.3 is 14.8 Å². The summed E-state index contributed by atoms with van der Waals surface area (Å²) in [6, 6.07) is 15.3. The Morgan fingerprint density at radius 1 is 1.08 bits per heavy atom. The first-order valence-corrected chi connectivity index (χ1v) is 7.44. The highest BCUT2D eigenvalue weighted by Gasteiger charge is 2.02. The van der Waals surface area contributed by atoms with Crippen LogP contribution in [0.1, 0.15) is 12.5 Å². The number of hydrogen-bond acceptors (Lipinski definition) is 5. The van der Waals surface area contributed by atoms with Crippen LogP contribution in [0.4, 0.5) is 5.69 Å². The number of amides is 1. The Bertz CT molecular complexity index is 803. The van der Waals surface area contributed by atoms with Crippen LogP contribution >= 0.6 is 0 Å². The molecule has 6 heteroatoms. The molecule has 2 aromatic carbocycles. The number of benzene rings is 2. The molecule has 2 rings (SSSR count). The number of hydrogen-bond donors (Lipinski definition) is 1. The molecule has 25 heavy (non-hydrogen) atoms. The number of nitrogens with one attached hydrogen (secondary N) is 1. The first-order valence-electron chi connectivity index (χ1n) is 7.44. The fourth-order valence-corrected chi connectivity index (χ4v) is 1.91. The van der Waals surface area contributed by atoms with Gasteiger partial charge >= 0.3 is 5.97 Å². The molecule has 0 atom stereocenters. The van der Waals surface area contributed by atoms with Crippen molar-refractivity contribution in [2.75, 3.05) is 11.9 Å². The number of carbonyl (C=O) groups is 2. The van der Waals surface area contributed by atoms with Gasteiger partial charge in [-0.15, -0.1) is 0 Å². The van der Waals surface area contributed by atoms with Crippen molar-refractivity contribution >= 4 is 23.6 Å². The zero-order chi connectivity index (χ0) is 18.1. The van der Waals surface area contributed by atoms with Crippen LogP contribution in [0.15, 0.2) is 54.6 Å². The van der Waals surface area contributed by atoms with Crippen LogP contribution < -0.4 is 14.8 Å². The Labute approximate surface area is 145 Å². The summed E-state index contributed by atoms with van der Waals surface area (Å²) in [6.07, 6.45) is 2.93. The molecule has 0 fully saturated rings. The first kappa shape index (κ1) is 17.8. The minimum atomic E-state index is -0.517. The van der Waals surface area contributed by atoms with Gasteiger partial charge in [0.1, 0.15) is 17.6 Å². The van der Waals surface area contributed by atoms with Crippen LogP contribution in [0.5, 0.6) is 11.5 Å². The zero-order valence-electron chi connectivity index (χ0n) is 13.6. The number of anilines is 1. The topological polar surface area (TPSA) is 88.4 Å². The maximum Gasteiger partial charge on any atom is 0.336 e. The summed E-state index contributed by atoms with van der Waals surface area (Å²) >= 11 is 0. The first-order chi connectivity index (χ1) is 12.1. The second kappa shape index (κ2) is 8.89. The van der Waals surface area contributed by atoms with Crippen LogP contribution in [0.3, 0.4) is 0 Å². The summed E-state index contributed by atoms with van der Waals surface area (Å²) in [7, 11) is 0. The number of ether oxygens (including phenoxy) is 2. The van der Waals surface area contributed by atoms with Gasteiger partial charge in [-0.3, -0.25) is 4.79 Å². The van der Waals surface area contributed by atoms with Crippen LogP contribution in [0.2, 0.25) is 0 Å². The third-order valence-electron chi connectivity index (χ3n) is 2.99. The highest BCUT2D eigenvalue weighted by molar-refractivity contribution is 5.90. The largest absolute Gasteiger partial charge is 0.479 e. The second-order valence-corrected chi connectivity index (χ2v) is 4.98. The molecule has 0 spiro atoms. The van der Waals surface area contributed by atoms with Gasteiger partial charge in [-0.25, -0.2) is 4.79 Å². The molecule has 0 aromatic heterocycles. The standard InChI is InChI=1S/C19H16N2O4/c1-14(22)21-16-5-9-18(10-6-16)25-19(23)11-4-15-2-7-17(8-3-15)24-13-12-20/h2-11H,13H2,1H3,(H,21,22)/b11-4+. The lowest BCUT2D eigenvalue weighted by atomic mass is 10.2. The van der Waals surface area contributed by atoms with E-state index in [0.29, 0.717) is 17.2 Å². The van der Waals surface area contributed by atoms with E-state index in [1.54, 1.807) is 54.6 Å². The van der Waals surface area contributed by atoms with Gasteiger partial charge in [0.05, 0.1) is 0 Å². The molecule has 6 nitrogen and oxygen atoms in total. The third kappa shape index (κ3) is 6.20. The molecule has 0 saturated heterocycles. The van der Waals surface area contributed by atoms with E-state index in [9.17, 15) is 9.59 Å². The van der Waals surface area contributed by atoms with E-state index in [1.165, 1.54) is 13.0 Å². The van der Waals surface area contributed by atoms with Crippen molar-refractivity contribution < 1.29 is 19.1 Å². The fourth-order valence-electron chi connectivity index (χ4n) is 1.91. The molecule has 1 amide bonds. The van der Waals surface area contributed by atoms with Crippen molar-refractivity contribution in [3.05, 3.63) is 60.2 Å². The number of nitrogens with zero attached hydrogens (tertiary/aromatic N) is 1. The lowest BCUT2D eigenvalue weighted by Crippen LogP contribution is -2.06. The molecule has 2 aromatic rings. The van der Waals surface area contributed by atoms with Gasteiger partial charge in [0.2, 0.25) is 5.91 Å². The SMILES string of the molecule is CC(=O)Nc1ccc(OC(=O)/C=C/c2ccc(OCC#N)cc2)cc1. The minimum Gasteiger partial charge on any atom is -0.479 e. The second-order valence-electron chi connectivity index (χ2n) is 4.98. The number of carbonyl (C=O) groups excluding carboxylic acids is 2. The van der Waals surface area contributed by atoms with Crippen molar-refractivity contribution in [1.82, 2.24) is 0 Å². The molecular formula is C19H16N2O4. The van der Waals surface area contributed by atoms with E-state index in [2.05, 4.69) is 5.32 Å². The molecule has 0 heterocycles. The predicted molar refractivity (Wildman–Crippen MR) is 93.0 cm³/mol. The van der Waals surface area contributed by atoms with Crippen molar-refractivity contribution in [3.63, 3.8) is 0 Å². The molecule has 0 saturated carbocycles. The van der Waals surface area contributed by atoms with E-state index >= 15 is 0 Å². The summed E-state index contributed by atoms with van der Waals surface area (Å²) in [5.41, 5.74) is 1.42. The monoisotopic (exact) mass is 336 g/mol. The lowest BCUT2D eigenvalue weighted by molar-refractivity contribution is -0.128. The minimum absolute atomic E-state index is 0.0117. The van der Waals surface area contributed by atoms with Gasteiger partial charge in [-0.1, -0.05) is 12.1 Å². The molecular weight excluding hydrogens is 320 g/mol. The summed E-state index contributed by atoms with van der Waals surface area (Å²) in [6.45, 7) is 1.41. The normalized spacial score (nSPS) is 10.1. The molecule has 0 aliphatic rings. The molecule has 126 valence electrons. The average molecular weight is 336 g/mol. The smallest absolute Gasteiger partial charge is 0.336 e. The van der Waals surface area contributed by atoms with Crippen molar-refractivity contribution in [3.8, 4) is 17.6 Å². The third-order valence-corrected chi connectivity index (χ3v) is 2.99. The lowest BCUT2D eigenvalue weighted by Gasteiger charge is -2.04. The van der Waals surface area contributed by atoms with E-state index < -0.39 is 5.97 Å². The highest BCUT2D eigenvalue weighted by atomic mass is 16.5. The van der Waals surface area contributed by atoms with E-state index in [4.69, 9.17) is 14.7 Å². The highest BCUT2D eigenvalue weighted by Crippen LogP contribution is 2.16. The molecule has 0 aliphatic heterocycles. The van der Waals surface area contributed by atoms with Gasteiger partial charge in [-0.05, 0) is 48.0 Å². The van der Waals surface area contributed by atoms with Crippen LogP contribution in [-0.2, 0) is 9.59 Å². The van der Waals surface area contributed by atoms with Crippen molar-refractivity contribution in [1.29, 1.82) is 5.26 Å². The maximum absolute atomic E-state index is 11.8. The quantitative estimate of drug-likeness (QED) is 0.497. The van der Waals surface area contributed by atoms with Gasteiger partial charge in [0.25, 0.3) is 0 Å². The predicted octanol–water partition coefficient (Wildman–Crippen LogP) is 3.17. The summed E-state index contributed by atoms with van der Waals surface area (Å²) in [4.78, 5) is 22.8. The molecule has 0 bridgehead atoms. The Hall–Kier alpha value is -3.59. The fraction of sp³-hybridized carbons (Fsp3) is 0.105. The number of nitriles is 1. The van der Waals surface area contributed by atoms with Gasteiger partial charge in [0.15, 0.2) is 6.61 Å². The number of esters is 1. The Balaban J connectivity index is 1.89. The van der Waals surface area contributed by atoms with Gasteiger partial charge in [-0.2, -0.15) is 5.26 Å². The molecule has 0 unspecified atom stereocenters. The zero-order valence-corrected chi connectivity index (χ0v) is 13.6. The van der Waals surface area contributed by atoms with E-state index in [-0.39, 0.29) is 12.5 Å². The van der Waals surface area contributed by atoms with E-state index in [1.807, 2.05) is 6.07 Å². The van der Waals surface area contributed by atoms with Crippen molar-refractivity contribution in [2.45, 2.75) is 6.92 Å². The van der Waals surface area contributed by atoms with Gasteiger partial charge in [0, 0.05) is 18.7 Å². The summed E-state index contributed by atoms with van der Waals surface area (Å²) < 4.78 is 10.3. The number of rotatable bonds is 6. The average Bonchev–Trinajstić information content (AvgIpc) is 2.60. The van der Waals surface area contributed by atoms with Crippen LogP contribution in [-0.4, -0.2) is 18.5 Å². The van der Waals surface area contributed by atoms with Crippen LogP contribution in [0, 0.1) is 11.3 Å². The molecule has 0 radical (unpaired) electrons. The Kier molecular flexibility index (Phi) is 6.32. The van der Waals surface area contributed by atoms with E-state index in [0.717, 1.165) is 5.56 Å². The van der Waals surface area contributed by atoms with Crippen molar-refractivity contribution in [2.24, 2.45) is 0 Å². The van der Waals surface area contributed by atoms with Crippen LogP contribution in [0.25, 0.3) is 6.08 Å². The summed E-state index contributed by atoms with van der Waals surface area (Å²) in [5, 5.41) is 11.1. The summed E-state index contributed by atoms with van der Waals surface area (Å²) in [5.74, 6) is 0.276. The Morgan fingerprint density at radius 2 is 1.72 bits per heavy atom. The Morgan fingerprint density at radius 3 is 2.32 bits per heavy atom. The molecule has 0 aliphatic carbocycles. The maximum atomic E-state index is 11.8.